The van der Waals surface area contributed by atoms with Gasteiger partial charge in [0.1, 0.15) is 0 Å². The summed E-state index contributed by atoms with van der Waals surface area (Å²) in [5.41, 5.74) is 8.19. The second-order valence-electron chi connectivity index (χ2n) is 4.63. The summed E-state index contributed by atoms with van der Waals surface area (Å²) < 4.78 is 0. The predicted molar refractivity (Wildman–Crippen MR) is 83.0 cm³/mol. The van der Waals surface area contributed by atoms with Gasteiger partial charge in [-0.3, -0.25) is 0 Å². The van der Waals surface area contributed by atoms with Gasteiger partial charge in [-0.15, -0.1) is 0 Å². The van der Waals surface area contributed by atoms with E-state index in [-0.39, 0.29) is 0 Å². The number of hydrogen-bond donors (Lipinski definition) is 1. The number of hydrogen-bond acceptors (Lipinski definition) is 3. The zero-order valence-electron chi connectivity index (χ0n) is 10.9. The monoisotopic (exact) mass is 284 g/mol. The first-order chi connectivity index (χ1) is 8.76. The van der Waals surface area contributed by atoms with E-state index in [1.807, 2.05) is 12.1 Å². The van der Waals surface area contributed by atoms with E-state index in [1.54, 1.807) is 0 Å². The molecule has 1 aliphatic rings. The van der Waals surface area contributed by atoms with Gasteiger partial charge in [0.15, 0.2) is 0 Å². The van der Waals surface area contributed by atoms with Crippen LogP contribution >= 0.6 is 23.4 Å². The Morgan fingerprint density at radius 2 is 2.33 bits per heavy atom. The van der Waals surface area contributed by atoms with Crippen molar-refractivity contribution in [3.8, 4) is 0 Å². The molecule has 1 atom stereocenters. The van der Waals surface area contributed by atoms with E-state index < -0.39 is 0 Å². The van der Waals surface area contributed by atoms with Crippen molar-refractivity contribution in [1.29, 1.82) is 0 Å². The molecule has 1 saturated heterocycles. The highest BCUT2D eigenvalue weighted by Crippen LogP contribution is 2.34. The van der Waals surface area contributed by atoms with Gasteiger partial charge >= 0.3 is 0 Å². The molecule has 1 aromatic rings. The molecule has 0 aromatic heterocycles. The van der Waals surface area contributed by atoms with Crippen LogP contribution in [-0.2, 0) is 6.42 Å². The smallest absolute Gasteiger partial charge is 0.0642 e. The number of nitrogens with zero attached hydrogens (tertiary/aromatic N) is 1. The van der Waals surface area contributed by atoms with Crippen molar-refractivity contribution in [2.75, 3.05) is 30.3 Å². The SMILES string of the molecule is CCC1CN(c2c(Cl)cccc2CCN)CCS1. The zero-order valence-corrected chi connectivity index (χ0v) is 12.4. The largest absolute Gasteiger partial charge is 0.368 e. The molecule has 1 heterocycles. The van der Waals surface area contributed by atoms with Gasteiger partial charge in [-0.05, 0) is 31.0 Å². The fourth-order valence-electron chi connectivity index (χ4n) is 2.44. The molecule has 1 aliphatic heterocycles. The van der Waals surface area contributed by atoms with Crippen LogP contribution < -0.4 is 10.6 Å². The number of nitrogens with two attached hydrogens (primary N) is 1. The minimum Gasteiger partial charge on any atom is -0.368 e. The third kappa shape index (κ3) is 3.14. The van der Waals surface area contributed by atoms with Crippen LogP contribution in [0.3, 0.4) is 0 Å². The van der Waals surface area contributed by atoms with Crippen molar-refractivity contribution >= 4 is 29.1 Å². The Balaban J connectivity index is 2.25. The molecule has 0 radical (unpaired) electrons. The lowest BCUT2D eigenvalue weighted by Crippen LogP contribution is -2.38. The summed E-state index contributed by atoms with van der Waals surface area (Å²) in [6, 6.07) is 6.16. The van der Waals surface area contributed by atoms with E-state index >= 15 is 0 Å². The maximum absolute atomic E-state index is 6.40. The van der Waals surface area contributed by atoms with Crippen LogP contribution in [0.5, 0.6) is 0 Å². The summed E-state index contributed by atoms with van der Waals surface area (Å²) >= 11 is 8.48. The second-order valence-corrected chi connectivity index (χ2v) is 6.45. The predicted octanol–water partition coefficient (Wildman–Crippen LogP) is 3.17. The topological polar surface area (TPSA) is 29.3 Å². The molecule has 1 aromatic carbocycles. The lowest BCUT2D eigenvalue weighted by molar-refractivity contribution is 0.724. The molecule has 1 unspecified atom stereocenters. The summed E-state index contributed by atoms with van der Waals surface area (Å²) in [7, 11) is 0. The van der Waals surface area contributed by atoms with E-state index in [0.29, 0.717) is 6.54 Å². The molecule has 1 fully saturated rings. The van der Waals surface area contributed by atoms with E-state index in [2.05, 4.69) is 29.7 Å². The van der Waals surface area contributed by atoms with Crippen LogP contribution in [0.2, 0.25) is 5.02 Å². The highest BCUT2D eigenvalue weighted by molar-refractivity contribution is 8.00. The fraction of sp³-hybridized carbons (Fsp3) is 0.571. The lowest BCUT2D eigenvalue weighted by atomic mass is 10.1. The summed E-state index contributed by atoms with van der Waals surface area (Å²) in [4.78, 5) is 2.44. The summed E-state index contributed by atoms with van der Waals surface area (Å²) in [6.07, 6.45) is 2.12. The second kappa shape index (κ2) is 6.69. The molecule has 0 bridgehead atoms. The van der Waals surface area contributed by atoms with Gasteiger partial charge in [0.2, 0.25) is 0 Å². The third-order valence-corrected chi connectivity index (χ3v) is 5.07. The van der Waals surface area contributed by atoms with Gasteiger partial charge in [0, 0.05) is 24.1 Å². The first-order valence-electron chi connectivity index (χ1n) is 6.60. The molecule has 2 rings (SSSR count). The third-order valence-electron chi connectivity index (χ3n) is 3.39. The Labute approximate surface area is 119 Å². The van der Waals surface area contributed by atoms with Crippen molar-refractivity contribution in [1.82, 2.24) is 0 Å². The van der Waals surface area contributed by atoms with Crippen molar-refractivity contribution in [2.45, 2.75) is 25.0 Å². The molecule has 4 heteroatoms. The molecule has 2 N–H and O–H groups in total. The summed E-state index contributed by atoms with van der Waals surface area (Å²) in [6.45, 7) is 5.12. The van der Waals surface area contributed by atoms with Gasteiger partial charge in [-0.1, -0.05) is 30.7 Å². The van der Waals surface area contributed by atoms with Crippen LogP contribution in [0.25, 0.3) is 0 Å². The minimum atomic E-state index is 0.674. The Hall–Kier alpha value is -0.380. The highest BCUT2D eigenvalue weighted by atomic mass is 35.5. The van der Waals surface area contributed by atoms with Crippen LogP contribution in [-0.4, -0.2) is 30.6 Å². The molecular weight excluding hydrogens is 264 g/mol. The Morgan fingerprint density at radius 1 is 1.50 bits per heavy atom. The van der Waals surface area contributed by atoms with Gasteiger partial charge in [0.05, 0.1) is 10.7 Å². The fourth-order valence-corrected chi connectivity index (χ4v) is 3.93. The molecule has 0 aliphatic carbocycles. The molecule has 100 valence electrons. The molecule has 18 heavy (non-hydrogen) atoms. The van der Waals surface area contributed by atoms with Gasteiger partial charge < -0.3 is 10.6 Å². The summed E-state index contributed by atoms with van der Waals surface area (Å²) in [5.74, 6) is 1.19. The van der Waals surface area contributed by atoms with Gasteiger partial charge in [-0.25, -0.2) is 0 Å². The zero-order chi connectivity index (χ0) is 13.0. The van der Waals surface area contributed by atoms with Crippen LogP contribution in [0.15, 0.2) is 18.2 Å². The highest BCUT2D eigenvalue weighted by Gasteiger charge is 2.22. The van der Waals surface area contributed by atoms with E-state index in [4.69, 9.17) is 17.3 Å². The molecule has 0 saturated carbocycles. The average Bonchev–Trinajstić information content (AvgIpc) is 2.39. The van der Waals surface area contributed by atoms with Crippen LogP contribution in [0, 0.1) is 0 Å². The quantitative estimate of drug-likeness (QED) is 0.921. The summed E-state index contributed by atoms with van der Waals surface area (Å²) in [5, 5.41) is 1.59. The number of para-hydroxylation sites is 1. The number of anilines is 1. The number of thioether (sulfide) groups is 1. The van der Waals surface area contributed by atoms with Crippen molar-refractivity contribution in [3.05, 3.63) is 28.8 Å². The van der Waals surface area contributed by atoms with Crippen molar-refractivity contribution in [3.63, 3.8) is 0 Å². The maximum atomic E-state index is 6.40. The van der Waals surface area contributed by atoms with Crippen LogP contribution in [0.4, 0.5) is 5.69 Å². The van der Waals surface area contributed by atoms with Crippen molar-refractivity contribution < 1.29 is 0 Å². The lowest BCUT2D eigenvalue weighted by Gasteiger charge is -2.35. The molecule has 2 nitrogen and oxygen atoms in total. The molecular formula is C14H21ClN2S. The standard InChI is InChI=1S/C14H21ClN2S/c1-2-12-10-17(8-9-18-12)14-11(6-7-16)4-3-5-13(14)15/h3-5,12H,2,6-10,16H2,1H3. The first kappa shape index (κ1) is 14.0. The number of rotatable bonds is 4. The van der Waals surface area contributed by atoms with E-state index in [9.17, 15) is 0 Å². The molecule has 0 spiro atoms. The average molecular weight is 285 g/mol. The Kier molecular flexibility index (Phi) is 5.22. The maximum Gasteiger partial charge on any atom is 0.0642 e. The van der Waals surface area contributed by atoms with Gasteiger partial charge in [0.25, 0.3) is 0 Å². The number of halogens is 1. The minimum absolute atomic E-state index is 0.674. The number of benzene rings is 1. The van der Waals surface area contributed by atoms with Gasteiger partial charge in [-0.2, -0.15) is 11.8 Å². The Morgan fingerprint density at radius 3 is 3.06 bits per heavy atom. The van der Waals surface area contributed by atoms with Crippen LogP contribution in [0.1, 0.15) is 18.9 Å². The van der Waals surface area contributed by atoms with Crippen molar-refractivity contribution in [2.24, 2.45) is 5.73 Å². The van der Waals surface area contributed by atoms with E-state index in [0.717, 1.165) is 29.8 Å². The van der Waals surface area contributed by atoms with E-state index in [1.165, 1.54) is 23.4 Å². The molecule has 0 amide bonds. The Bertz CT molecular complexity index is 397. The normalized spacial score (nSPS) is 20.2. The first-order valence-corrected chi connectivity index (χ1v) is 8.03.